The van der Waals surface area contributed by atoms with Gasteiger partial charge >= 0.3 is 11.9 Å². The molecule has 2 atom stereocenters. The SMILES string of the molecule is CO[C@H]1C(C(=O)OC(C)(C)C)=C(C(=O)OC(C)(C)C)N2C=CC=C[C@@H]2C1(C#N)C#N. The summed E-state index contributed by atoms with van der Waals surface area (Å²) in [6, 6.07) is 3.17. The van der Waals surface area contributed by atoms with Gasteiger partial charge in [0.1, 0.15) is 23.0 Å². The van der Waals surface area contributed by atoms with E-state index < -0.39 is 40.7 Å². The molecule has 0 aliphatic carbocycles. The maximum Gasteiger partial charge on any atom is 0.356 e. The fourth-order valence-electron chi connectivity index (χ4n) is 3.38. The summed E-state index contributed by atoms with van der Waals surface area (Å²) in [6.07, 6.45) is 5.13. The molecule has 2 heterocycles. The number of hydrogen-bond acceptors (Lipinski definition) is 8. The minimum atomic E-state index is -1.80. The van der Waals surface area contributed by atoms with Crippen molar-refractivity contribution in [3.05, 3.63) is 35.7 Å². The standard InChI is InChI=1S/C22H27N3O5/c1-20(2,3)29-18(26)15-16(19(27)30-21(4,5)6)25-11-9-8-10-14(25)22(12-23,13-24)17(15)28-7/h8-11,14,17H,1-7H3/t14-,17+/m1/s1. The number of nitrogens with zero attached hydrogens (tertiary/aromatic N) is 3. The summed E-state index contributed by atoms with van der Waals surface area (Å²) in [5, 5.41) is 20.0. The molecule has 0 unspecified atom stereocenters. The molecule has 0 saturated carbocycles. The molecule has 0 aromatic rings. The number of ether oxygens (including phenoxy) is 3. The van der Waals surface area contributed by atoms with Crippen molar-refractivity contribution in [1.29, 1.82) is 10.5 Å². The molecule has 2 rings (SSSR count). The summed E-state index contributed by atoms with van der Waals surface area (Å²) in [5.41, 5.74) is -3.85. The molecule has 0 saturated heterocycles. The minimum Gasteiger partial charge on any atom is -0.456 e. The quantitative estimate of drug-likeness (QED) is 0.649. The summed E-state index contributed by atoms with van der Waals surface area (Å²) in [6.45, 7) is 10.1. The van der Waals surface area contributed by atoms with E-state index in [9.17, 15) is 20.1 Å². The Labute approximate surface area is 177 Å². The number of rotatable bonds is 3. The van der Waals surface area contributed by atoms with E-state index in [4.69, 9.17) is 14.2 Å². The third-order valence-electron chi connectivity index (χ3n) is 4.42. The van der Waals surface area contributed by atoms with E-state index in [0.29, 0.717) is 0 Å². The van der Waals surface area contributed by atoms with E-state index in [-0.39, 0.29) is 11.3 Å². The van der Waals surface area contributed by atoms with Gasteiger partial charge in [0.2, 0.25) is 0 Å². The molecule has 2 aliphatic rings. The molecule has 160 valence electrons. The molecule has 0 aromatic carbocycles. The number of carbonyl (C=O) groups is 2. The molecular formula is C22H27N3O5. The van der Waals surface area contributed by atoms with E-state index in [2.05, 4.69) is 0 Å². The Morgan fingerprint density at radius 2 is 1.53 bits per heavy atom. The van der Waals surface area contributed by atoms with Gasteiger partial charge in [0.25, 0.3) is 0 Å². The third kappa shape index (κ3) is 4.24. The van der Waals surface area contributed by atoms with Gasteiger partial charge in [0.05, 0.1) is 23.8 Å². The predicted octanol–water partition coefficient (Wildman–Crippen LogP) is 2.74. The Kier molecular flexibility index (Phi) is 6.15. The van der Waals surface area contributed by atoms with Crippen LogP contribution in [0.4, 0.5) is 0 Å². The van der Waals surface area contributed by atoms with Crippen LogP contribution in [-0.4, -0.2) is 47.3 Å². The highest BCUT2D eigenvalue weighted by atomic mass is 16.6. The number of nitriles is 2. The van der Waals surface area contributed by atoms with Gasteiger partial charge in [-0.05, 0) is 47.6 Å². The van der Waals surface area contributed by atoms with Crippen molar-refractivity contribution < 1.29 is 23.8 Å². The number of methoxy groups -OCH3 is 1. The normalized spacial score (nSPS) is 22.6. The zero-order valence-corrected chi connectivity index (χ0v) is 18.3. The lowest BCUT2D eigenvalue weighted by Gasteiger charge is -2.46. The van der Waals surface area contributed by atoms with E-state index >= 15 is 0 Å². The minimum absolute atomic E-state index is 0.113. The van der Waals surface area contributed by atoms with Crippen LogP contribution in [-0.2, 0) is 23.8 Å². The summed E-state index contributed by atoms with van der Waals surface area (Å²) in [7, 11) is 1.28. The molecule has 8 nitrogen and oxygen atoms in total. The van der Waals surface area contributed by atoms with Crippen molar-refractivity contribution in [1.82, 2.24) is 4.90 Å². The van der Waals surface area contributed by atoms with E-state index in [1.165, 1.54) is 18.2 Å². The van der Waals surface area contributed by atoms with Crippen molar-refractivity contribution >= 4 is 11.9 Å². The van der Waals surface area contributed by atoms with E-state index in [0.717, 1.165) is 0 Å². The lowest BCUT2D eigenvalue weighted by atomic mass is 9.70. The highest BCUT2D eigenvalue weighted by molar-refractivity contribution is 6.02. The van der Waals surface area contributed by atoms with E-state index in [1.807, 2.05) is 12.1 Å². The van der Waals surface area contributed by atoms with Crippen LogP contribution in [0.5, 0.6) is 0 Å². The summed E-state index contributed by atoms with van der Waals surface area (Å²) in [5.74, 6) is -1.63. The first-order valence-corrected chi connectivity index (χ1v) is 9.51. The zero-order chi connectivity index (χ0) is 22.9. The van der Waals surface area contributed by atoms with Crippen LogP contribution >= 0.6 is 0 Å². The number of allylic oxidation sites excluding steroid dienone is 2. The zero-order valence-electron chi connectivity index (χ0n) is 18.3. The molecule has 0 fully saturated rings. The van der Waals surface area contributed by atoms with Crippen molar-refractivity contribution in [3.8, 4) is 12.1 Å². The number of fused-ring (bicyclic) bond motifs is 1. The van der Waals surface area contributed by atoms with Crippen LogP contribution in [0.3, 0.4) is 0 Å². The maximum atomic E-state index is 13.2. The van der Waals surface area contributed by atoms with Gasteiger partial charge in [-0.3, -0.25) is 0 Å². The van der Waals surface area contributed by atoms with Crippen LogP contribution in [0.1, 0.15) is 41.5 Å². The number of esters is 2. The van der Waals surface area contributed by atoms with Crippen LogP contribution in [0.2, 0.25) is 0 Å². The van der Waals surface area contributed by atoms with Crippen LogP contribution in [0.25, 0.3) is 0 Å². The Morgan fingerprint density at radius 3 is 2.00 bits per heavy atom. The van der Waals surface area contributed by atoms with E-state index in [1.54, 1.807) is 59.8 Å². The van der Waals surface area contributed by atoms with Gasteiger partial charge in [-0.1, -0.05) is 12.2 Å². The van der Waals surface area contributed by atoms with Gasteiger partial charge in [0, 0.05) is 13.3 Å². The molecule has 8 heteroatoms. The van der Waals surface area contributed by atoms with Crippen molar-refractivity contribution in [2.75, 3.05) is 7.11 Å². The molecule has 30 heavy (non-hydrogen) atoms. The highest BCUT2D eigenvalue weighted by Gasteiger charge is 2.59. The van der Waals surface area contributed by atoms with Gasteiger partial charge in [-0.2, -0.15) is 10.5 Å². The van der Waals surface area contributed by atoms with Crippen LogP contribution in [0, 0.1) is 28.1 Å². The van der Waals surface area contributed by atoms with Crippen molar-refractivity contribution in [3.63, 3.8) is 0 Å². The first-order chi connectivity index (χ1) is 13.8. The van der Waals surface area contributed by atoms with Gasteiger partial charge < -0.3 is 19.1 Å². The fourth-order valence-corrected chi connectivity index (χ4v) is 3.38. The topological polar surface area (TPSA) is 113 Å². The summed E-state index contributed by atoms with van der Waals surface area (Å²) < 4.78 is 16.5. The third-order valence-corrected chi connectivity index (χ3v) is 4.42. The lowest BCUT2D eigenvalue weighted by Crippen LogP contribution is -2.58. The molecular weight excluding hydrogens is 386 g/mol. The van der Waals surface area contributed by atoms with Gasteiger partial charge in [-0.25, -0.2) is 9.59 Å². The van der Waals surface area contributed by atoms with Crippen molar-refractivity contribution in [2.24, 2.45) is 5.41 Å². The first-order valence-electron chi connectivity index (χ1n) is 9.51. The molecule has 2 aliphatic heterocycles. The molecule has 0 radical (unpaired) electrons. The lowest BCUT2D eigenvalue weighted by molar-refractivity contribution is -0.158. The van der Waals surface area contributed by atoms with Crippen LogP contribution in [0.15, 0.2) is 35.7 Å². The average molecular weight is 413 g/mol. The van der Waals surface area contributed by atoms with Crippen molar-refractivity contribution in [2.45, 2.75) is 64.9 Å². The second-order valence-electron chi connectivity index (χ2n) is 9.05. The van der Waals surface area contributed by atoms with Crippen LogP contribution < -0.4 is 0 Å². The molecule has 0 spiro atoms. The fraction of sp³-hybridized carbons (Fsp3) is 0.545. The number of carbonyl (C=O) groups excluding carboxylic acids is 2. The Morgan fingerprint density at radius 1 is 1.00 bits per heavy atom. The Hall–Kier alpha value is -3.10. The Bertz CT molecular complexity index is 889. The largest absolute Gasteiger partial charge is 0.456 e. The molecule has 0 N–H and O–H groups in total. The Balaban J connectivity index is 2.84. The first kappa shape index (κ1) is 23.2. The number of hydrogen-bond donors (Lipinski definition) is 0. The predicted molar refractivity (Wildman–Crippen MR) is 107 cm³/mol. The second kappa shape index (κ2) is 7.97. The average Bonchev–Trinajstić information content (AvgIpc) is 2.63. The smallest absolute Gasteiger partial charge is 0.356 e. The summed E-state index contributed by atoms with van der Waals surface area (Å²) >= 11 is 0. The summed E-state index contributed by atoms with van der Waals surface area (Å²) in [4.78, 5) is 27.8. The molecule has 0 amide bonds. The molecule has 0 aromatic heterocycles. The monoisotopic (exact) mass is 413 g/mol. The highest BCUT2D eigenvalue weighted by Crippen LogP contribution is 2.45. The molecule has 0 bridgehead atoms. The second-order valence-corrected chi connectivity index (χ2v) is 9.05. The van der Waals surface area contributed by atoms with Gasteiger partial charge in [0.15, 0.2) is 5.41 Å². The van der Waals surface area contributed by atoms with Gasteiger partial charge in [-0.15, -0.1) is 0 Å². The maximum absolute atomic E-state index is 13.2.